The summed E-state index contributed by atoms with van der Waals surface area (Å²) >= 11 is 0. The quantitative estimate of drug-likeness (QED) is 0.796. The molecular weight excluding hydrogens is 220 g/mol. The molecule has 0 saturated heterocycles. The van der Waals surface area contributed by atoms with Gasteiger partial charge in [-0.05, 0) is 31.5 Å². The van der Waals surface area contributed by atoms with Crippen LogP contribution in [0.4, 0.5) is 0 Å². The van der Waals surface area contributed by atoms with E-state index in [1.165, 1.54) is 0 Å². The van der Waals surface area contributed by atoms with Crippen LogP contribution < -0.4 is 4.74 Å². The highest BCUT2D eigenvalue weighted by atomic mass is 16.5. The number of carbonyl (C=O) groups excluding carboxylic acids is 1. The van der Waals surface area contributed by atoms with Crippen molar-refractivity contribution in [3.8, 4) is 5.75 Å². The Morgan fingerprint density at radius 1 is 1.35 bits per heavy atom. The molecule has 0 amide bonds. The monoisotopic (exact) mass is 238 g/mol. The van der Waals surface area contributed by atoms with Gasteiger partial charge in [0.15, 0.2) is 0 Å². The van der Waals surface area contributed by atoms with E-state index >= 15 is 0 Å². The molecule has 1 rings (SSSR count). The third kappa shape index (κ3) is 3.46. The van der Waals surface area contributed by atoms with Crippen LogP contribution in [-0.4, -0.2) is 24.8 Å². The van der Waals surface area contributed by atoms with Crippen LogP contribution in [-0.2, 0) is 9.53 Å². The number of rotatable bonds is 5. The predicted octanol–water partition coefficient (Wildman–Crippen LogP) is 1.93. The van der Waals surface area contributed by atoms with Gasteiger partial charge in [0, 0.05) is 0 Å². The number of esters is 1. The third-order valence-corrected chi connectivity index (χ3v) is 2.59. The summed E-state index contributed by atoms with van der Waals surface area (Å²) in [5.41, 5.74) is 0.673. The van der Waals surface area contributed by atoms with E-state index in [1.807, 2.05) is 0 Å². The molecule has 0 aliphatic carbocycles. The van der Waals surface area contributed by atoms with Crippen molar-refractivity contribution < 1.29 is 19.4 Å². The summed E-state index contributed by atoms with van der Waals surface area (Å²) in [5, 5.41) is 10.0. The summed E-state index contributed by atoms with van der Waals surface area (Å²) in [6.45, 7) is 3.70. The van der Waals surface area contributed by atoms with Crippen molar-refractivity contribution in [2.75, 3.05) is 13.7 Å². The first-order valence-corrected chi connectivity index (χ1v) is 5.58. The average Bonchev–Trinajstić information content (AvgIpc) is 2.37. The van der Waals surface area contributed by atoms with Crippen LogP contribution in [0.1, 0.15) is 25.5 Å². The number of hydrogen-bond donors (Lipinski definition) is 1. The molecular formula is C13H18O4. The standard InChI is InChI=1S/C13H18O4/c1-4-17-13(15)9(2)12(14)10-5-7-11(16-3)8-6-10/h5-9,12,14H,4H2,1-3H3/t9-,12-/m1/s1. The van der Waals surface area contributed by atoms with Gasteiger partial charge < -0.3 is 14.6 Å². The van der Waals surface area contributed by atoms with E-state index in [0.29, 0.717) is 17.9 Å². The van der Waals surface area contributed by atoms with Gasteiger partial charge in [0.1, 0.15) is 5.75 Å². The van der Waals surface area contributed by atoms with E-state index in [-0.39, 0.29) is 0 Å². The highest BCUT2D eigenvalue weighted by Crippen LogP contribution is 2.24. The zero-order chi connectivity index (χ0) is 12.8. The molecule has 4 heteroatoms. The largest absolute Gasteiger partial charge is 0.497 e. The van der Waals surface area contributed by atoms with E-state index < -0.39 is 18.0 Å². The van der Waals surface area contributed by atoms with Gasteiger partial charge in [0.25, 0.3) is 0 Å². The second-order valence-electron chi connectivity index (χ2n) is 3.76. The number of aliphatic hydroxyl groups is 1. The van der Waals surface area contributed by atoms with Crippen molar-refractivity contribution in [1.29, 1.82) is 0 Å². The minimum atomic E-state index is -0.861. The summed E-state index contributed by atoms with van der Waals surface area (Å²) in [4.78, 5) is 11.5. The van der Waals surface area contributed by atoms with Crippen LogP contribution >= 0.6 is 0 Å². The van der Waals surface area contributed by atoms with Crippen LogP contribution in [0.25, 0.3) is 0 Å². The minimum absolute atomic E-state index is 0.318. The van der Waals surface area contributed by atoms with Crippen molar-refractivity contribution in [3.05, 3.63) is 29.8 Å². The number of benzene rings is 1. The van der Waals surface area contributed by atoms with Gasteiger partial charge in [-0.3, -0.25) is 4.79 Å². The van der Waals surface area contributed by atoms with Crippen molar-refractivity contribution in [3.63, 3.8) is 0 Å². The molecule has 0 spiro atoms. The summed E-state index contributed by atoms with van der Waals surface area (Å²) < 4.78 is 9.89. The van der Waals surface area contributed by atoms with Crippen LogP contribution in [0.2, 0.25) is 0 Å². The van der Waals surface area contributed by atoms with Gasteiger partial charge in [0.2, 0.25) is 0 Å². The lowest BCUT2D eigenvalue weighted by Crippen LogP contribution is -2.21. The molecule has 1 aromatic carbocycles. The number of aliphatic hydroxyl groups excluding tert-OH is 1. The first kappa shape index (κ1) is 13.5. The summed E-state index contributed by atoms with van der Waals surface area (Å²) in [7, 11) is 1.58. The SMILES string of the molecule is CCOC(=O)[C@H](C)[C@@H](O)c1ccc(OC)cc1. The normalized spacial score (nSPS) is 13.9. The lowest BCUT2D eigenvalue weighted by Gasteiger charge is -2.17. The molecule has 0 aliphatic rings. The highest BCUT2D eigenvalue weighted by Gasteiger charge is 2.24. The zero-order valence-corrected chi connectivity index (χ0v) is 10.3. The van der Waals surface area contributed by atoms with Gasteiger partial charge in [-0.2, -0.15) is 0 Å². The fourth-order valence-corrected chi connectivity index (χ4v) is 1.49. The molecule has 94 valence electrons. The first-order valence-electron chi connectivity index (χ1n) is 5.58. The Bertz CT molecular complexity index is 358. The Balaban J connectivity index is 2.73. The number of methoxy groups -OCH3 is 1. The van der Waals surface area contributed by atoms with Crippen molar-refractivity contribution in [2.24, 2.45) is 5.92 Å². The lowest BCUT2D eigenvalue weighted by molar-refractivity contribution is -0.151. The Labute approximate surface area is 101 Å². The first-order chi connectivity index (χ1) is 8.10. The molecule has 0 unspecified atom stereocenters. The van der Waals surface area contributed by atoms with Gasteiger partial charge in [0.05, 0.1) is 25.7 Å². The van der Waals surface area contributed by atoms with E-state index in [2.05, 4.69) is 0 Å². The Morgan fingerprint density at radius 2 is 1.94 bits per heavy atom. The lowest BCUT2D eigenvalue weighted by atomic mass is 9.97. The van der Waals surface area contributed by atoms with Crippen molar-refractivity contribution >= 4 is 5.97 Å². The van der Waals surface area contributed by atoms with Gasteiger partial charge in [-0.25, -0.2) is 0 Å². The Hall–Kier alpha value is -1.55. The van der Waals surface area contributed by atoms with Gasteiger partial charge >= 0.3 is 5.97 Å². The fraction of sp³-hybridized carbons (Fsp3) is 0.462. The number of hydrogen-bond acceptors (Lipinski definition) is 4. The molecule has 0 aliphatic heterocycles. The van der Waals surface area contributed by atoms with E-state index in [1.54, 1.807) is 45.2 Å². The van der Waals surface area contributed by atoms with E-state index in [0.717, 1.165) is 0 Å². The summed E-state index contributed by atoms with van der Waals surface area (Å²) in [5.74, 6) is -0.260. The molecule has 4 nitrogen and oxygen atoms in total. The van der Waals surface area contributed by atoms with Gasteiger partial charge in [-0.15, -0.1) is 0 Å². The Kier molecular flexibility index (Phi) is 4.97. The maximum absolute atomic E-state index is 11.5. The van der Waals surface area contributed by atoms with Crippen LogP contribution in [0.3, 0.4) is 0 Å². The van der Waals surface area contributed by atoms with E-state index in [4.69, 9.17) is 9.47 Å². The second-order valence-corrected chi connectivity index (χ2v) is 3.76. The third-order valence-electron chi connectivity index (χ3n) is 2.59. The van der Waals surface area contributed by atoms with Crippen LogP contribution in [0, 0.1) is 5.92 Å². The average molecular weight is 238 g/mol. The molecule has 17 heavy (non-hydrogen) atoms. The Morgan fingerprint density at radius 3 is 2.41 bits per heavy atom. The molecule has 0 radical (unpaired) electrons. The predicted molar refractivity (Wildman–Crippen MR) is 63.8 cm³/mol. The molecule has 0 aromatic heterocycles. The van der Waals surface area contributed by atoms with Crippen molar-refractivity contribution in [2.45, 2.75) is 20.0 Å². The molecule has 0 heterocycles. The minimum Gasteiger partial charge on any atom is -0.497 e. The molecule has 2 atom stereocenters. The van der Waals surface area contributed by atoms with Crippen LogP contribution in [0.15, 0.2) is 24.3 Å². The molecule has 1 aromatic rings. The molecule has 0 fully saturated rings. The maximum Gasteiger partial charge on any atom is 0.311 e. The van der Waals surface area contributed by atoms with Gasteiger partial charge in [-0.1, -0.05) is 12.1 Å². The molecule has 0 saturated carbocycles. The van der Waals surface area contributed by atoms with Crippen LogP contribution in [0.5, 0.6) is 5.75 Å². The topological polar surface area (TPSA) is 55.8 Å². The summed E-state index contributed by atoms with van der Waals surface area (Å²) in [6, 6.07) is 6.96. The molecule has 0 bridgehead atoms. The number of carbonyl (C=O) groups is 1. The number of ether oxygens (including phenoxy) is 2. The fourth-order valence-electron chi connectivity index (χ4n) is 1.49. The zero-order valence-electron chi connectivity index (χ0n) is 10.3. The molecule has 1 N–H and O–H groups in total. The smallest absolute Gasteiger partial charge is 0.311 e. The highest BCUT2D eigenvalue weighted by molar-refractivity contribution is 5.73. The maximum atomic E-state index is 11.5. The van der Waals surface area contributed by atoms with Crippen molar-refractivity contribution in [1.82, 2.24) is 0 Å². The second kappa shape index (κ2) is 6.25. The summed E-state index contributed by atoms with van der Waals surface area (Å²) in [6.07, 6.45) is -0.861. The van der Waals surface area contributed by atoms with E-state index in [9.17, 15) is 9.90 Å².